The third kappa shape index (κ3) is 2.65. The minimum absolute atomic E-state index is 0.145. The van der Waals surface area contributed by atoms with Crippen LogP contribution in [0, 0.1) is 18.6 Å². The van der Waals surface area contributed by atoms with Gasteiger partial charge < -0.3 is 5.11 Å². The SMILES string of the molecule is Cc1cn(CC(O)c2ccc(F)c(F)c2)nn1. The topological polar surface area (TPSA) is 50.9 Å². The highest BCUT2D eigenvalue weighted by Crippen LogP contribution is 2.17. The Labute approximate surface area is 96.5 Å². The maximum atomic E-state index is 13.0. The molecule has 0 bridgehead atoms. The minimum Gasteiger partial charge on any atom is -0.386 e. The molecule has 2 aromatic rings. The Morgan fingerprint density at radius 2 is 2.12 bits per heavy atom. The van der Waals surface area contributed by atoms with E-state index in [2.05, 4.69) is 10.3 Å². The van der Waals surface area contributed by atoms with E-state index in [4.69, 9.17) is 0 Å². The van der Waals surface area contributed by atoms with Gasteiger partial charge in [0.25, 0.3) is 0 Å². The number of halogens is 2. The second kappa shape index (κ2) is 4.58. The molecule has 0 radical (unpaired) electrons. The molecule has 0 aliphatic heterocycles. The molecule has 1 aromatic carbocycles. The number of aliphatic hydroxyl groups is 1. The molecule has 2 rings (SSSR count). The van der Waals surface area contributed by atoms with E-state index in [0.29, 0.717) is 5.56 Å². The highest BCUT2D eigenvalue weighted by molar-refractivity contribution is 5.19. The maximum absolute atomic E-state index is 13.0. The van der Waals surface area contributed by atoms with Gasteiger partial charge in [0.2, 0.25) is 0 Å². The van der Waals surface area contributed by atoms with E-state index in [1.807, 2.05) is 0 Å². The molecule has 1 heterocycles. The summed E-state index contributed by atoms with van der Waals surface area (Å²) in [6, 6.07) is 3.30. The molecule has 1 unspecified atom stereocenters. The fourth-order valence-electron chi connectivity index (χ4n) is 1.49. The molecule has 4 nitrogen and oxygen atoms in total. The van der Waals surface area contributed by atoms with Crippen LogP contribution in [0.5, 0.6) is 0 Å². The van der Waals surface area contributed by atoms with Gasteiger partial charge in [0.1, 0.15) is 0 Å². The van der Waals surface area contributed by atoms with Crippen LogP contribution in [0.3, 0.4) is 0 Å². The largest absolute Gasteiger partial charge is 0.386 e. The van der Waals surface area contributed by atoms with Crippen LogP contribution in [0.4, 0.5) is 8.78 Å². The van der Waals surface area contributed by atoms with Gasteiger partial charge in [0.05, 0.1) is 18.3 Å². The molecule has 0 aliphatic rings. The maximum Gasteiger partial charge on any atom is 0.159 e. The molecule has 17 heavy (non-hydrogen) atoms. The number of hydrogen-bond donors (Lipinski definition) is 1. The third-order valence-corrected chi connectivity index (χ3v) is 2.34. The monoisotopic (exact) mass is 239 g/mol. The fourth-order valence-corrected chi connectivity index (χ4v) is 1.49. The number of aromatic nitrogens is 3. The number of hydrogen-bond acceptors (Lipinski definition) is 3. The molecular formula is C11H11F2N3O. The summed E-state index contributed by atoms with van der Waals surface area (Å²) in [5.41, 5.74) is 1.03. The van der Waals surface area contributed by atoms with Gasteiger partial charge in [0, 0.05) is 6.20 Å². The van der Waals surface area contributed by atoms with Crippen molar-refractivity contribution in [2.45, 2.75) is 19.6 Å². The molecule has 6 heteroatoms. The lowest BCUT2D eigenvalue weighted by Gasteiger charge is -2.10. The van der Waals surface area contributed by atoms with Gasteiger partial charge >= 0.3 is 0 Å². The van der Waals surface area contributed by atoms with Crippen molar-refractivity contribution >= 4 is 0 Å². The van der Waals surface area contributed by atoms with Gasteiger partial charge in [-0.3, -0.25) is 0 Å². The molecule has 1 atom stereocenters. The van der Waals surface area contributed by atoms with Crippen LogP contribution in [0.2, 0.25) is 0 Å². The Morgan fingerprint density at radius 3 is 2.71 bits per heavy atom. The lowest BCUT2D eigenvalue weighted by molar-refractivity contribution is 0.150. The van der Waals surface area contributed by atoms with E-state index < -0.39 is 17.7 Å². The lowest BCUT2D eigenvalue weighted by atomic mass is 10.1. The average molecular weight is 239 g/mol. The summed E-state index contributed by atoms with van der Waals surface area (Å²) in [5, 5.41) is 17.3. The van der Waals surface area contributed by atoms with Gasteiger partial charge in [-0.15, -0.1) is 5.10 Å². The summed E-state index contributed by atoms with van der Waals surface area (Å²) >= 11 is 0. The summed E-state index contributed by atoms with van der Waals surface area (Å²) in [7, 11) is 0. The number of aliphatic hydroxyl groups excluding tert-OH is 1. The van der Waals surface area contributed by atoms with Crippen LogP contribution >= 0.6 is 0 Å². The zero-order valence-corrected chi connectivity index (χ0v) is 9.14. The van der Waals surface area contributed by atoms with Crippen LogP contribution < -0.4 is 0 Å². The molecule has 1 aromatic heterocycles. The van der Waals surface area contributed by atoms with Crippen LogP contribution in [-0.2, 0) is 6.54 Å². The second-order valence-corrected chi connectivity index (χ2v) is 3.77. The first-order chi connectivity index (χ1) is 8.06. The molecule has 0 saturated heterocycles. The van der Waals surface area contributed by atoms with E-state index in [0.717, 1.165) is 17.8 Å². The van der Waals surface area contributed by atoms with Gasteiger partial charge in [0.15, 0.2) is 11.6 Å². The van der Waals surface area contributed by atoms with Crippen LogP contribution in [-0.4, -0.2) is 20.1 Å². The second-order valence-electron chi connectivity index (χ2n) is 3.77. The number of rotatable bonds is 3. The summed E-state index contributed by atoms with van der Waals surface area (Å²) in [6.45, 7) is 1.92. The van der Waals surface area contributed by atoms with Gasteiger partial charge in [-0.25, -0.2) is 13.5 Å². The van der Waals surface area contributed by atoms with Crippen LogP contribution in [0.1, 0.15) is 17.4 Å². The lowest BCUT2D eigenvalue weighted by Crippen LogP contribution is -2.09. The Bertz CT molecular complexity index is 527. The highest BCUT2D eigenvalue weighted by atomic mass is 19.2. The van der Waals surface area contributed by atoms with Gasteiger partial charge in [-0.05, 0) is 24.6 Å². The Kier molecular flexibility index (Phi) is 3.14. The number of nitrogens with zero attached hydrogens (tertiary/aromatic N) is 3. The Hall–Kier alpha value is -1.82. The predicted octanol–water partition coefficient (Wildman–Crippen LogP) is 1.60. The molecule has 0 spiro atoms. The zero-order chi connectivity index (χ0) is 12.4. The Morgan fingerprint density at radius 1 is 1.35 bits per heavy atom. The van der Waals surface area contributed by atoms with E-state index in [9.17, 15) is 13.9 Å². The Balaban J connectivity index is 2.14. The molecule has 0 aliphatic carbocycles. The van der Waals surface area contributed by atoms with Crippen LogP contribution in [0.25, 0.3) is 0 Å². The smallest absolute Gasteiger partial charge is 0.159 e. The standard InChI is InChI=1S/C11H11F2N3O/c1-7-5-16(15-14-7)6-11(17)8-2-3-9(12)10(13)4-8/h2-5,11,17H,6H2,1H3. The van der Waals surface area contributed by atoms with Gasteiger partial charge in [-0.2, -0.15) is 0 Å². The molecule has 0 fully saturated rings. The molecule has 0 amide bonds. The van der Waals surface area contributed by atoms with E-state index >= 15 is 0 Å². The first kappa shape index (κ1) is 11.7. The van der Waals surface area contributed by atoms with Crippen molar-refractivity contribution in [2.75, 3.05) is 0 Å². The predicted molar refractivity (Wildman–Crippen MR) is 56.1 cm³/mol. The highest BCUT2D eigenvalue weighted by Gasteiger charge is 2.12. The van der Waals surface area contributed by atoms with Crippen molar-refractivity contribution < 1.29 is 13.9 Å². The van der Waals surface area contributed by atoms with Crippen molar-refractivity contribution in [3.05, 3.63) is 47.3 Å². The van der Waals surface area contributed by atoms with Crippen molar-refractivity contribution in [1.29, 1.82) is 0 Å². The average Bonchev–Trinajstić information content (AvgIpc) is 2.68. The first-order valence-electron chi connectivity index (χ1n) is 5.06. The normalized spacial score (nSPS) is 12.7. The molecule has 90 valence electrons. The zero-order valence-electron chi connectivity index (χ0n) is 9.14. The molecule has 1 N–H and O–H groups in total. The van der Waals surface area contributed by atoms with Crippen molar-refractivity contribution in [2.24, 2.45) is 0 Å². The van der Waals surface area contributed by atoms with Gasteiger partial charge in [-0.1, -0.05) is 11.3 Å². The summed E-state index contributed by atoms with van der Waals surface area (Å²) < 4.78 is 27.1. The van der Waals surface area contributed by atoms with Crippen molar-refractivity contribution in [3.8, 4) is 0 Å². The summed E-state index contributed by atoms with van der Waals surface area (Å²) in [5.74, 6) is -1.91. The van der Waals surface area contributed by atoms with E-state index in [1.165, 1.54) is 10.7 Å². The quantitative estimate of drug-likeness (QED) is 0.885. The third-order valence-electron chi connectivity index (χ3n) is 2.34. The molecular weight excluding hydrogens is 228 g/mol. The molecule has 0 saturated carbocycles. The van der Waals surface area contributed by atoms with Crippen LogP contribution in [0.15, 0.2) is 24.4 Å². The van der Waals surface area contributed by atoms with E-state index in [-0.39, 0.29) is 6.54 Å². The van der Waals surface area contributed by atoms with Crippen molar-refractivity contribution in [3.63, 3.8) is 0 Å². The number of aryl methyl sites for hydroxylation is 1. The minimum atomic E-state index is -0.976. The van der Waals surface area contributed by atoms with E-state index in [1.54, 1.807) is 13.1 Å². The fraction of sp³-hybridized carbons (Fsp3) is 0.273. The first-order valence-corrected chi connectivity index (χ1v) is 5.06. The summed E-state index contributed by atoms with van der Waals surface area (Å²) in [6.07, 6.45) is 0.703. The van der Waals surface area contributed by atoms with Crippen molar-refractivity contribution in [1.82, 2.24) is 15.0 Å². The number of benzene rings is 1. The summed E-state index contributed by atoms with van der Waals surface area (Å²) in [4.78, 5) is 0.